The van der Waals surface area contributed by atoms with Crippen molar-refractivity contribution in [3.8, 4) is 10.4 Å². The highest BCUT2D eigenvalue weighted by atomic mass is 32.1. The maximum atomic E-state index is 6.01. The van der Waals surface area contributed by atoms with E-state index in [1.807, 2.05) is 18.2 Å². The van der Waals surface area contributed by atoms with Gasteiger partial charge in [0.25, 0.3) is 0 Å². The zero-order valence-electron chi connectivity index (χ0n) is 12.7. The molecule has 1 aliphatic heterocycles. The van der Waals surface area contributed by atoms with Crippen molar-refractivity contribution in [2.24, 2.45) is 10.7 Å². The summed E-state index contributed by atoms with van der Waals surface area (Å²) in [6.07, 6.45) is 1.19. The average Bonchev–Trinajstić information content (AvgIpc) is 2.88. The molecular formula is C16H20N4OS. The standard InChI is InChI=1S/C16H20N4OS/c1-21-11-14-19-13(10-18-16(17)20-8-5-9-20)15(22-14)12-6-3-2-4-7-12/h2-4,6-7H,5,8-11H2,1H3,(H2,17,18). The van der Waals surface area contributed by atoms with E-state index >= 15 is 0 Å². The Morgan fingerprint density at radius 1 is 1.36 bits per heavy atom. The van der Waals surface area contributed by atoms with Gasteiger partial charge < -0.3 is 15.4 Å². The van der Waals surface area contributed by atoms with Crippen molar-refractivity contribution in [3.05, 3.63) is 41.0 Å². The second kappa shape index (κ2) is 6.89. The molecule has 1 fully saturated rings. The lowest BCUT2D eigenvalue weighted by Gasteiger charge is -2.31. The molecule has 0 atom stereocenters. The van der Waals surface area contributed by atoms with Crippen LogP contribution in [-0.2, 0) is 17.9 Å². The molecule has 6 heteroatoms. The molecule has 0 unspecified atom stereocenters. The minimum Gasteiger partial charge on any atom is -0.378 e. The fraction of sp³-hybridized carbons (Fsp3) is 0.375. The molecular weight excluding hydrogens is 296 g/mol. The summed E-state index contributed by atoms with van der Waals surface area (Å²) in [7, 11) is 1.68. The molecule has 0 aliphatic carbocycles. The molecule has 0 spiro atoms. The Bertz CT molecular complexity index is 649. The molecule has 0 bridgehead atoms. The molecule has 1 aromatic carbocycles. The maximum absolute atomic E-state index is 6.01. The van der Waals surface area contributed by atoms with Gasteiger partial charge in [-0.15, -0.1) is 11.3 Å². The first kappa shape index (κ1) is 15.0. The van der Waals surface area contributed by atoms with Crippen LogP contribution in [0.25, 0.3) is 10.4 Å². The van der Waals surface area contributed by atoms with Gasteiger partial charge in [0.15, 0.2) is 5.96 Å². The predicted octanol–water partition coefficient (Wildman–Crippen LogP) is 2.48. The van der Waals surface area contributed by atoms with Gasteiger partial charge in [-0.2, -0.15) is 0 Å². The van der Waals surface area contributed by atoms with Crippen molar-refractivity contribution in [2.45, 2.75) is 19.6 Å². The lowest BCUT2D eigenvalue weighted by molar-refractivity contribution is 0.184. The van der Waals surface area contributed by atoms with Gasteiger partial charge in [0.1, 0.15) is 5.01 Å². The van der Waals surface area contributed by atoms with Crippen LogP contribution in [0.4, 0.5) is 0 Å². The van der Waals surface area contributed by atoms with Gasteiger partial charge in [0.05, 0.1) is 23.7 Å². The number of hydrogen-bond acceptors (Lipinski definition) is 4. The summed E-state index contributed by atoms with van der Waals surface area (Å²) in [6, 6.07) is 10.3. The molecule has 1 saturated heterocycles. The van der Waals surface area contributed by atoms with Crippen molar-refractivity contribution in [1.82, 2.24) is 9.88 Å². The summed E-state index contributed by atoms with van der Waals surface area (Å²) in [5, 5.41) is 0.967. The SMILES string of the molecule is COCc1nc(CN=C(N)N2CCC2)c(-c2ccccc2)s1. The third-order valence-electron chi connectivity index (χ3n) is 3.62. The molecule has 1 aromatic heterocycles. The van der Waals surface area contributed by atoms with Crippen LogP contribution < -0.4 is 5.73 Å². The van der Waals surface area contributed by atoms with Gasteiger partial charge in [-0.25, -0.2) is 9.98 Å². The summed E-state index contributed by atoms with van der Waals surface area (Å²) < 4.78 is 5.20. The van der Waals surface area contributed by atoms with Crippen LogP contribution >= 0.6 is 11.3 Å². The molecule has 2 heterocycles. The number of ether oxygens (including phenoxy) is 1. The molecule has 2 aromatic rings. The van der Waals surface area contributed by atoms with Gasteiger partial charge in [-0.05, 0) is 12.0 Å². The molecule has 1 aliphatic rings. The Morgan fingerprint density at radius 3 is 2.77 bits per heavy atom. The number of likely N-dealkylation sites (tertiary alicyclic amines) is 1. The van der Waals surface area contributed by atoms with Gasteiger partial charge in [0.2, 0.25) is 0 Å². The van der Waals surface area contributed by atoms with Crippen LogP contribution in [-0.4, -0.2) is 36.0 Å². The zero-order valence-corrected chi connectivity index (χ0v) is 13.5. The predicted molar refractivity (Wildman–Crippen MR) is 89.8 cm³/mol. The summed E-state index contributed by atoms with van der Waals surface area (Å²) in [5.74, 6) is 0.617. The summed E-state index contributed by atoms with van der Waals surface area (Å²) in [5.41, 5.74) is 8.13. The van der Waals surface area contributed by atoms with E-state index in [-0.39, 0.29) is 0 Å². The molecule has 5 nitrogen and oxygen atoms in total. The highest BCUT2D eigenvalue weighted by molar-refractivity contribution is 7.15. The Labute approximate surface area is 134 Å². The minimum absolute atomic E-state index is 0.507. The molecule has 3 rings (SSSR count). The normalized spacial score (nSPS) is 15.0. The van der Waals surface area contributed by atoms with Crippen LogP contribution in [0.15, 0.2) is 35.3 Å². The van der Waals surface area contributed by atoms with Crippen molar-refractivity contribution >= 4 is 17.3 Å². The van der Waals surface area contributed by atoms with Gasteiger partial charge >= 0.3 is 0 Å². The smallest absolute Gasteiger partial charge is 0.191 e. The van der Waals surface area contributed by atoms with E-state index in [4.69, 9.17) is 10.5 Å². The van der Waals surface area contributed by atoms with Crippen LogP contribution in [0.5, 0.6) is 0 Å². The van der Waals surface area contributed by atoms with Crippen LogP contribution in [0.2, 0.25) is 0 Å². The second-order valence-corrected chi connectivity index (χ2v) is 6.28. The van der Waals surface area contributed by atoms with E-state index in [1.165, 1.54) is 6.42 Å². The third kappa shape index (κ3) is 3.28. The number of benzene rings is 1. The second-order valence-electron chi connectivity index (χ2n) is 5.20. The lowest BCUT2D eigenvalue weighted by Crippen LogP contribution is -2.46. The Balaban J connectivity index is 1.85. The molecule has 116 valence electrons. The third-order valence-corrected chi connectivity index (χ3v) is 4.74. The number of hydrogen-bond donors (Lipinski definition) is 1. The zero-order chi connectivity index (χ0) is 15.4. The fourth-order valence-electron chi connectivity index (χ4n) is 2.31. The van der Waals surface area contributed by atoms with Gasteiger partial charge in [-0.3, -0.25) is 0 Å². The topological polar surface area (TPSA) is 63.7 Å². The first-order valence-corrected chi connectivity index (χ1v) is 8.17. The Morgan fingerprint density at radius 2 is 2.14 bits per heavy atom. The molecule has 0 saturated carbocycles. The number of nitrogens with two attached hydrogens (primary N) is 1. The fourth-order valence-corrected chi connectivity index (χ4v) is 3.36. The Kier molecular flexibility index (Phi) is 4.70. The number of nitrogens with zero attached hydrogens (tertiary/aromatic N) is 3. The lowest BCUT2D eigenvalue weighted by atomic mass is 10.1. The quantitative estimate of drug-likeness (QED) is 0.680. The van der Waals surface area contributed by atoms with Crippen molar-refractivity contribution in [1.29, 1.82) is 0 Å². The highest BCUT2D eigenvalue weighted by Gasteiger charge is 2.17. The highest BCUT2D eigenvalue weighted by Crippen LogP contribution is 2.31. The van der Waals surface area contributed by atoms with Gasteiger partial charge in [-0.1, -0.05) is 30.3 Å². The van der Waals surface area contributed by atoms with Crippen LogP contribution in [0.3, 0.4) is 0 Å². The minimum atomic E-state index is 0.507. The largest absolute Gasteiger partial charge is 0.378 e. The van der Waals surface area contributed by atoms with E-state index < -0.39 is 0 Å². The van der Waals surface area contributed by atoms with E-state index in [0.717, 1.165) is 34.2 Å². The van der Waals surface area contributed by atoms with Crippen molar-refractivity contribution in [2.75, 3.05) is 20.2 Å². The number of thiazole rings is 1. The van der Waals surface area contributed by atoms with Gasteiger partial charge in [0, 0.05) is 20.2 Å². The van der Waals surface area contributed by atoms with E-state index in [1.54, 1.807) is 18.4 Å². The number of rotatable bonds is 5. The summed E-state index contributed by atoms with van der Waals surface area (Å²) in [6.45, 7) is 3.04. The number of aromatic nitrogens is 1. The van der Waals surface area contributed by atoms with Crippen LogP contribution in [0, 0.1) is 0 Å². The molecule has 22 heavy (non-hydrogen) atoms. The molecule has 2 N–H and O–H groups in total. The first-order valence-electron chi connectivity index (χ1n) is 7.35. The monoisotopic (exact) mass is 316 g/mol. The van der Waals surface area contributed by atoms with Crippen molar-refractivity contribution < 1.29 is 4.74 Å². The summed E-state index contributed by atoms with van der Waals surface area (Å²) in [4.78, 5) is 12.4. The van der Waals surface area contributed by atoms with Crippen molar-refractivity contribution in [3.63, 3.8) is 0 Å². The first-order chi connectivity index (χ1) is 10.8. The maximum Gasteiger partial charge on any atom is 0.191 e. The molecule has 0 amide bonds. The molecule has 0 radical (unpaired) electrons. The van der Waals surface area contributed by atoms with E-state index in [9.17, 15) is 0 Å². The van der Waals surface area contributed by atoms with E-state index in [0.29, 0.717) is 19.1 Å². The Hall–Kier alpha value is -1.92. The number of methoxy groups -OCH3 is 1. The summed E-state index contributed by atoms with van der Waals surface area (Å²) >= 11 is 1.66. The number of aliphatic imine (C=N–C) groups is 1. The number of guanidine groups is 1. The van der Waals surface area contributed by atoms with E-state index in [2.05, 4.69) is 27.0 Å². The average molecular weight is 316 g/mol. The van der Waals surface area contributed by atoms with Crippen LogP contribution in [0.1, 0.15) is 17.1 Å².